The summed E-state index contributed by atoms with van der Waals surface area (Å²) in [5.41, 5.74) is 23.5. The van der Waals surface area contributed by atoms with Crippen LogP contribution in [0.4, 0.5) is 22.7 Å². The molecule has 0 spiro atoms. The summed E-state index contributed by atoms with van der Waals surface area (Å²) in [6.45, 7) is 0. The van der Waals surface area contributed by atoms with Crippen molar-refractivity contribution in [2.45, 2.75) is 0 Å². The quantitative estimate of drug-likeness (QED) is 0.529. The van der Waals surface area contributed by atoms with Crippen LogP contribution in [0.5, 0.6) is 0 Å². The van der Waals surface area contributed by atoms with E-state index in [2.05, 4.69) is 0 Å². The van der Waals surface area contributed by atoms with Gasteiger partial charge in [-0.25, -0.2) is 0 Å². The van der Waals surface area contributed by atoms with Gasteiger partial charge in [-0.15, -0.1) is 0 Å². The Morgan fingerprint density at radius 1 is 0.450 bits per heavy atom. The third kappa shape index (κ3) is 4.42. The number of nitrogens with two attached hydrogens (primary N) is 4. The molecule has 2 aromatic rings. The first-order valence-corrected chi connectivity index (χ1v) is 6.73. The van der Waals surface area contributed by atoms with Crippen LogP contribution in [0.15, 0.2) is 24.3 Å². The van der Waals surface area contributed by atoms with E-state index in [1.54, 1.807) is 0 Å². The normalized spacial score (nSPS) is 9.80. The number of benzene rings is 2. The zero-order valence-electron chi connectivity index (χ0n) is 10.1. The largest absolute Gasteiger partial charge is 0.397 e. The first kappa shape index (κ1) is 16.9. The Bertz CT molecular complexity index is 475. The van der Waals surface area contributed by atoms with E-state index in [0.29, 0.717) is 42.8 Å². The number of rotatable bonds is 0. The molecule has 0 unspecified atom stereocenters. The van der Waals surface area contributed by atoms with Gasteiger partial charge in [-0.2, -0.15) is 0 Å². The van der Waals surface area contributed by atoms with Crippen molar-refractivity contribution < 1.29 is 0 Å². The Morgan fingerprint density at radius 3 is 0.800 bits per heavy atom. The van der Waals surface area contributed by atoms with Crippen molar-refractivity contribution >= 4 is 69.2 Å². The lowest BCUT2D eigenvalue weighted by molar-refractivity contribution is 1.66. The number of anilines is 4. The SMILES string of the molecule is Nc1cc(N)c(Cl)cc1Cl.Nc1cc(N)c(Cl)cc1Cl. The molecule has 0 aliphatic heterocycles. The molecule has 8 N–H and O–H groups in total. The van der Waals surface area contributed by atoms with Crippen molar-refractivity contribution in [1.82, 2.24) is 0 Å². The van der Waals surface area contributed by atoms with E-state index in [-0.39, 0.29) is 0 Å². The first-order chi connectivity index (χ1) is 9.22. The summed E-state index contributed by atoms with van der Waals surface area (Å²) >= 11 is 22.5. The Kier molecular flexibility index (Phi) is 5.89. The van der Waals surface area contributed by atoms with E-state index in [4.69, 9.17) is 69.3 Å². The summed E-state index contributed by atoms with van der Waals surface area (Å²) in [6.07, 6.45) is 0. The summed E-state index contributed by atoms with van der Waals surface area (Å²) in [4.78, 5) is 0. The predicted octanol–water partition coefficient (Wildman–Crippen LogP) is 4.32. The Balaban J connectivity index is 0.000000200. The van der Waals surface area contributed by atoms with Crippen LogP contribution in [-0.4, -0.2) is 0 Å². The molecular weight excluding hydrogens is 342 g/mol. The highest BCUT2D eigenvalue weighted by molar-refractivity contribution is 6.38. The van der Waals surface area contributed by atoms with Crippen molar-refractivity contribution in [3.8, 4) is 0 Å². The van der Waals surface area contributed by atoms with Gasteiger partial charge in [0, 0.05) is 0 Å². The van der Waals surface area contributed by atoms with Crippen molar-refractivity contribution in [2.24, 2.45) is 0 Å². The molecule has 0 aromatic heterocycles. The molecule has 0 amide bonds. The minimum atomic E-state index is 0.430. The van der Waals surface area contributed by atoms with Gasteiger partial charge in [0.15, 0.2) is 0 Å². The minimum absolute atomic E-state index is 0.430. The molecule has 2 aromatic carbocycles. The van der Waals surface area contributed by atoms with Crippen LogP contribution in [0.2, 0.25) is 20.1 Å². The number of hydrogen-bond donors (Lipinski definition) is 4. The van der Waals surface area contributed by atoms with Gasteiger partial charge < -0.3 is 22.9 Å². The van der Waals surface area contributed by atoms with Gasteiger partial charge in [0.05, 0.1) is 42.8 Å². The fourth-order valence-corrected chi connectivity index (χ4v) is 1.93. The molecule has 0 radical (unpaired) electrons. The van der Waals surface area contributed by atoms with Gasteiger partial charge in [-0.3, -0.25) is 0 Å². The summed E-state index contributed by atoms with van der Waals surface area (Å²) in [7, 11) is 0. The fraction of sp³-hybridized carbons (Fsp3) is 0. The van der Waals surface area contributed by atoms with E-state index < -0.39 is 0 Å². The van der Waals surface area contributed by atoms with E-state index in [1.807, 2.05) is 0 Å². The highest BCUT2D eigenvalue weighted by Gasteiger charge is 2.01. The highest BCUT2D eigenvalue weighted by atomic mass is 35.5. The molecule has 2 rings (SSSR count). The Morgan fingerprint density at radius 2 is 0.650 bits per heavy atom. The van der Waals surface area contributed by atoms with E-state index in [9.17, 15) is 0 Å². The summed E-state index contributed by atoms with van der Waals surface area (Å²) in [5, 5.41) is 1.72. The molecule has 4 nitrogen and oxygen atoms in total. The standard InChI is InChI=1S/2C6H6Cl2N2/c2*7-3-1-4(8)6(10)2-5(3)9/h2*1-2H,9-10H2. The van der Waals surface area contributed by atoms with Gasteiger partial charge in [0.1, 0.15) is 0 Å². The second-order valence-corrected chi connectivity index (χ2v) is 5.42. The topological polar surface area (TPSA) is 104 Å². The predicted molar refractivity (Wildman–Crippen MR) is 90.6 cm³/mol. The smallest absolute Gasteiger partial charge is 0.0651 e. The molecule has 0 aliphatic carbocycles. The summed E-state index contributed by atoms with van der Waals surface area (Å²) in [6, 6.07) is 6.11. The van der Waals surface area contributed by atoms with Gasteiger partial charge in [0.2, 0.25) is 0 Å². The maximum Gasteiger partial charge on any atom is 0.0651 e. The lowest BCUT2D eigenvalue weighted by atomic mass is 10.3. The average Bonchev–Trinajstić information content (AvgIpc) is 2.35. The maximum atomic E-state index is 5.62. The fourth-order valence-electron chi connectivity index (χ4n) is 1.17. The number of halogens is 4. The van der Waals surface area contributed by atoms with Crippen LogP contribution < -0.4 is 22.9 Å². The van der Waals surface area contributed by atoms with Crippen LogP contribution in [0.3, 0.4) is 0 Å². The zero-order chi connectivity index (χ0) is 15.4. The van der Waals surface area contributed by atoms with Crippen LogP contribution in [-0.2, 0) is 0 Å². The molecule has 0 saturated carbocycles. The van der Waals surface area contributed by atoms with Crippen molar-refractivity contribution in [3.05, 3.63) is 44.4 Å². The molecule has 0 fully saturated rings. The lowest BCUT2D eigenvalue weighted by Crippen LogP contribution is -1.91. The van der Waals surface area contributed by atoms with Gasteiger partial charge >= 0.3 is 0 Å². The van der Waals surface area contributed by atoms with Crippen LogP contribution in [0.25, 0.3) is 0 Å². The monoisotopic (exact) mass is 352 g/mol. The van der Waals surface area contributed by atoms with E-state index >= 15 is 0 Å². The van der Waals surface area contributed by atoms with Crippen LogP contribution in [0.1, 0.15) is 0 Å². The molecule has 108 valence electrons. The number of hydrogen-bond acceptors (Lipinski definition) is 4. The summed E-state index contributed by atoms with van der Waals surface area (Å²) in [5.74, 6) is 0. The molecule has 0 atom stereocenters. The average molecular weight is 354 g/mol. The molecular formula is C12H12Cl4N4. The first-order valence-electron chi connectivity index (χ1n) is 5.22. The minimum Gasteiger partial charge on any atom is -0.397 e. The van der Waals surface area contributed by atoms with E-state index in [0.717, 1.165) is 0 Å². The highest BCUT2D eigenvalue weighted by Crippen LogP contribution is 2.29. The van der Waals surface area contributed by atoms with Crippen molar-refractivity contribution in [1.29, 1.82) is 0 Å². The molecule has 20 heavy (non-hydrogen) atoms. The van der Waals surface area contributed by atoms with Crippen LogP contribution >= 0.6 is 46.4 Å². The van der Waals surface area contributed by atoms with E-state index in [1.165, 1.54) is 24.3 Å². The molecule has 0 heterocycles. The molecule has 0 saturated heterocycles. The second-order valence-electron chi connectivity index (χ2n) is 3.79. The summed E-state index contributed by atoms with van der Waals surface area (Å²) < 4.78 is 0. The Labute approximate surface area is 136 Å². The van der Waals surface area contributed by atoms with Gasteiger partial charge in [-0.05, 0) is 24.3 Å². The number of nitrogen functional groups attached to an aromatic ring is 4. The lowest BCUT2D eigenvalue weighted by Gasteiger charge is -2.00. The van der Waals surface area contributed by atoms with Crippen molar-refractivity contribution in [2.75, 3.05) is 22.9 Å². The third-order valence-corrected chi connectivity index (χ3v) is 3.54. The zero-order valence-corrected chi connectivity index (χ0v) is 13.2. The van der Waals surface area contributed by atoms with Crippen LogP contribution in [0, 0.1) is 0 Å². The second kappa shape index (κ2) is 6.99. The maximum absolute atomic E-state index is 5.62. The molecule has 8 heteroatoms. The Hall–Kier alpha value is -1.20. The molecule has 0 aliphatic rings. The third-order valence-electron chi connectivity index (χ3n) is 2.23. The van der Waals surface area contributed by atoms with Crippen molar-refractivity contribution in [3.63, 3.8) is 0 Å². The van der Waals surface area contributed by atoms with Gasteiger partial charge in [0.25, 0.3) is 0 Å². The van der Waals surface area contributed by atoms with Gasteiger partial charge in [-0.1, -0.05) is 46.4 Å². The molecule has 0 bridgehead atoms.